The molecule has 2 rings (SSSR count). The van der Waals surface area contributed by atoms with Crippen LogP contribution in [0.3, 0.4) is 0 Å². The topological polar surface area (TPSA) is 78.6 Å². The summed E-state index contributed by atoms with van der Waals surface area (Å²) in [7, 11) is 0. The molecule has 0 spiro atoms. The smallest absolute Gasteiger partial charge is 0.324 e. The number of nitrogens with zero attached hydrogens (tertiary/aromatic N) is 2. The third-order valence-electron chi connectivity index (χ3n) is 2.63. The van der Waals surface area contributed by atoms with Crippen molar-refractivity contribution >= 4 is 11.9 Å². The second-order valence-electron chi connectivity index (χ2n) is 4.14. The molecule has 1 aromatic heterocycles. The third kappa shape index (κ3) is 1.76. The number of urea groups is 1. The van der Waals surface area contributed by atoms with Crippen molar-refractivity contribution in [2.45, 2.75) is 25.8 Å². The molecule has 1 saturated heterocycles. The van der Waals surface area contributed by atoms with Gasteiger partial charge in [0, 0.05) is 12.6 Å². The van der Waals surface area contributed by atoms with Crippen LogP contribution in [0.15, 0.2) is 10.6 Å². The van der Waals surface area contributed by atoms with Gasteiger partial charge in [-0.05, 0) is 5.92 Å². The van der Waals surface area contributed by atoms with Gasteiger partial charge in [-0.3, -0.25) is 4.90 Å². The van der Waals surface area contributed by atoms with Crippen molar-refractivity contribution in [1.29, 1.82) is 0 Å². The summed E-state index contributed by atoms with van der Waals surface area (Å²) in [4.78, 5) is 12.9. The molecular weight excluding hydrogens is 210 g/mol. The van der Waals surface area contributed by atoms with Gasteiger partial charge in [-0.2, -0.15) is 0 Å². The summed E-state index contributed by atoms with van der Waals surface area (Å²) in [5.41, 5.74) is 0.798. The summed E-state index contributed by atoms with van der Waals surface area (Å²) in [6.07, 6.45) is 0. The van der Waals surface area contributed by atoms with E-state index in [-0.39, 0.29) is 24.6 Å². The number of rotatable bonds is 3. The minimum Gasteiger partial charge on any atom is -0.394 e. The number of aliphatic hydroxyl groups is 1. The van der Waals surface area contributed by atoms with E-state index in [9.17, 15) is 4.79 Å². The van der Waals surface area contributed by atoms with E-state index in [0.29, 0.717) is 12.4 Å². The van der Waals surface area contributed by atoms with Crippen LogP contribution in [-0.2, 0) is 0 Å². The number of nitrogens with one attached hydrogen (secondary N) is 1. The van der Waals surface area contributed by atoms with Gasteiger partial charge in [0.1, 0.15) is 0 Å². The predicted molar refractivity (Wildman–Crippen MR) is 57.3 cm³/mol. The molecule has 2 N–H and O–H groups in total. The summed E-state index contributed by atoms with van der Waals surface area (Å²) in [5, 5.41) is 15.7. The summed E-state index contributed by atoms with van der Waals surface area (Å²) in [6, 6.07) is 1.20. The standard InChI is InChI=1S/C10H15N3O3/c1-6(2)8-3-9(16-12-8)13-7(5-14)4-11-10(13)15/h3,6-7,14H,4-5H2,1-2H3,(H,11,15). The molecule has 1 aliphatic rings. The van der Waals surface area contributed by atoms with E-state index in [1.54, 1.807) is 6.07 Å². The normalized spacial score (nSPS) is 20.6. The van der Waals surface area contributed by atoms with Crippen LogP contribution in [0.5, 0.6) is 0 Å². The Balaban J connectivity index is 2.24. The van der Waals surface area contributed by atoms with Crippen molar-refractivity contribution in [2.75, 3.05) is 18.1 Å². The molecule has 0 bridgehead atoms. The maximum atomic E-state index is 11.5. The maximum absolute atomic E-state index is 11.5. The molecule has 6 heteroatoms. The first-order valence-electron chi connectivity index (χ1n) is 5.28. The molecule has 88 valence electrons. The molecular formula is C10H15N3O3. The van der Waals surface area contributed by atoms with Crippen molar-refractivity contribution in [2.24, 2.45) is 0 Å². The molecule has 1 atom stereocenters. The van der Waals surface area contributed by atoms with Crippen LogP contribution < -0.4 is 10.2 Å². The van der Waals surface area contributed by atoms with Gasteiger partial charge in [-0.15, -0.1) is 0 Å². The number of aliphatic hydroxyl groups excluding tert-OH is 1. The predicted octanol–water partition coefficient (Wildman–Crippen LogP) is 0.688. The van der Waals surface area contributed by atoms with Crippen LogP contribution in [0.2, 0.25) is 0 Å². The largest absolute Gasteiger partial charge is 0.394 e. The first-order chi connectivity index (χ1) is 7.63. The molecule has 2 amide bonds. The fraction of sp³-hybridized carbons (Fsp3) is 0.600. The Bertz CT molecular complexity index is 388. The summed E-state index contributed by atoms with van der Waals surface area (Å²) in [6.45, 7) is 4.31. The maximum Gasteiger partial charge on any atom is 0.324 e. The zero-order valence-electron chi connectivity index (χ0n) is 9.30. The van der Waals surface area contributed by atoms with Crippen LogP contribution in [0.4, 0.5) is 10.7 Å². The summed E-state index contributed by atoms with van der Waals surface area (Å²) in [5.74, 6) is 0.633. The Labute approximate surface area is 93.2 Å². The van der Waals surface area contributed by atoms with Crippen molar-refractivity contribution in [1.82, 2.24) is 10.5 Å². The van der Waals surface area contributed by atoms with Gasteiger partial charge in [-0.1, -0.05) is 19.0 Å². The van der Waals surface area contributed by atoms with Gasteiger partial charge in [0.2, 0.25) is 5.88 Å². The van der Waals surface area contributed by atoms with Crippen molar-refractivity contribution in [3.63, 3.8) is 0 Å². The van der Waals surface area contributed by atoms with Crippen LogP contribution in [0, 0.1) is 0 Å². The number of hydrogen-bond donors (Lipinski definition) is 2. The van der Waals surface area contributed by atoms with Crippen LogP contribution in [0.25, 0.3) is 0 Å². The van der Waals surface area contributed by atoms with Crippen molar-refractivity contribution in [3.05, 3.63) is 11.8 Å². The van der Waals surface area contributed by atoms with Gasteiger partial charge in [0.15, 0.2) is 0 Å². The van der Waals surface area contributed by atoms with Gasteiger partial charge >= 0.3 is 6.03 Å². The minimum absolute atomic E-state index is 0.101. The Morgan fingerprint density at radius 3 is 3.06 bits per heavy atom. The number of amides is 2. The van der Waals surface area contributed by atoms with E-state index >= 15 is 0 Å². The molecule has 6 nitrogen and oxygen atoms in total. The first-order valence-corrected chi connectivity index (χ1v) is 5.28. The number of carbonyl (C=O) groups is 1. The van der Waals surface area contributed by atoms with Crippen molar-refractivity contribution in [3.8, 4) is 0 Å². The monoisotopic (exact) mass is 225 g/mol. The molecule has 0 aliphatic carbocycles. The fourth-order valence-corrected chi connectivity index (χ4v) is 1.64. The molecule has 1 unspecified atom stereocenters. The SMILES string of the molecule is CC(C)c1cc(N2C(=O)NCC2CO)on1. The number of hydrogen-bond acceptors (Lipinski definition) is 4. The zero-order chi connectivity index (χ0) is 11.7. The lowest BCUT2D eigenvalue weighted by Crippen LogP contribution is -2.36. The molecule has 0 saturated carbocycles. The molecule has 1 aromatic rings. The van der Waals surface area contributed by atoms with Gasteiger partial charge < -0.3 is 14.9 Å². The lowest BCUT2D eigenvalue weighted by molar-refractivity contribution is 0.244. The van der Waals surface area contributed by atoms with E-state index < -0.39 is 0 Å². The Kier molecular flexibility index (Phi) is 2.82. The number of carbonyl (C=O) groups excluding carboxylic acids is 1. The van der Waals surface area contributed by atoms with Gasteiger partial charge in [0.05, 0.1) is 18.3 Å². The number of anilines is 1. The van der Waals surface area contributed by atoms with Crippen LogP contribution in [-0.4, -0.2) is 35.5 Å². The Hall–Kier alpha value is -1.56. The summed E-state index contributed by atoms with van der Waals surface area (Å²) >= 11 is 0. The van der Waals surface area contributed by atoms with Crippen LogP contribution in [0.1, 0.15) is 25.5 Å². The number of aromatic nitrogens is 1. The lowest BCUT2D eigenvalue weighted by Gasteiger charge is -2.16. The lowest BCUT2D eigenvalue weighted by atomic mass is 10.1. The average molecular weight is 225 g/mol. The highest BCUT2D eigenvalue weighted by Crippen LogP contribution is 2.24. The summed E-state index contributed by atoms with van der Waals surface area (Å²) < 4.78 is 5.12. The van der Waals surface area contributed by atoms with E-state index in [1.165, 1.54) is 4.90 Å². The average Bonchev–Trinajstić information content (AvgIpc) is 2.83. The highest BCUT2D eigenvalue weighted by molar-refractivity contribution is 5.93. The van der Waals surface area contributed by atoms with Gasteiger partial charge in [0.25, 0.3) is 0 Å². The third-order valence-corrected chi connectivity index (χ3v) is 2.63. The molecule has 16 heavy (non-hydrogen) atoms. The van der Waals surface area contributed by atoms with Crippen LogP contribution >= 0.6 is 0 Å². The molecule has 0 radical (unpaired) electrons. The molecule has 1 fully saturated rings. The van der Waals surface area contributed by atoms with Crippen molar-refractivity contribution < 1.29 is 14.4 Å². The first kappa shape index (κ1) is 10.9. The molecule has 0 aromatic carbocycles. The fourth-order valence-electron chi connectivity index (χ4n) is 1.64. The van der Waals surface area contributed by atoms with E-state index in [2.05, 4.69) is 10.5 Å². The minimum atomic E-state index is -0.277. The quantitative estimate of drug-likeness (QED) is 0.793. The zero-order valence-corrected chi connectivity index (χ0v) is 9.30. The second kappa shape index (κ2) is 4.13. The Morgan fingerprint density at radius 1 is 1.75 bits per heavy atom. The Morgan fingerprint density at radius 2 is 2.50 bits per heavy atom. The van der Waals surface area contributed by atoms with Gasteiger partial charge in [-0.25, -0.2) is 4.79 Å². The van der Waals surface area contributed by atoms with E-state index in [1.807, 2.05) is 13.8 Å². The highest BCUT2D eigenvalue weighted by Gasteiger charge is 2.34. The van der Waals surface area contributed by atoms with E-state index in [4.69, 9.17) is 9.63 Å². The van der Waals surface area contributed by atoms with E-state index in [0.717, 1.165) is 5.69 Å². The molecule has 1 aliphatic heterocycles. The highest BCUT2D eigenvalue weighted by atomic mass is 16.5. The molecule has 2 heterocycles. The second-order valence-corrected chi connectivity index (χ2v) is 4.14.